The van der Waals surface area contributed by atoms with Crippen LogP contribution in [0.3, 0.4) is 0 Å². The summed E-state index contributed by atoms with van der Waals surface area (Å²) in [4.78, 5) is 14.7. The molecule has 0 spiro atoms. The van der Waals surface area contributed by atoms with Gasteiger partial charge in [-0.2, -0.15) is 0 Å². The van der Waals surface area contributed by atoms with Crippen molar-refractivity contribution in [3.63, 3.8) is 0 Å². The van der Waals surface area contributed by atoms with Gasteiger partial charge in [0.05, 0.1) is 0 Å². The molecule has 0 saturated carbocycles. The molecule has 20 heavy (non-hydrogen) atoms. The molecule has 1 N–H and O–H groups in total. The van der Waals surface area contributed by atoms with E-state index in [0.29, 0.717) is 25.0 Å². The number of hydrogen-bond donors (Lipinski definition) is 1. The summed E-state index contributed by atoms with van der Waals surface area (Å²) in [5.41, 5.74) is 1.07. The monoisotopic (exact) mass is 280 g/mol. The normalized spacial score (nSPS) is 23.1. The van der Waals surface area contributed by atoms with Crippen LogP contribution in [0.4, 0.5) is 9.18 Å². The Morgan fingerprint density at radius 2 is 2.10 bits per heavy atom. The molecule has 1 saturated heterocycles. The Bertz CT molecular complexity index is 463. The molecule has 1 aromatic carbocycles. The van der Waals surface area contributed by atoms with Gasteiger partial charge in [0, 0.05) is 25.7 Å². The number of piperidine rings is 1. The number of halogens is 1. The Morgan fingerprint density at radius 3 is 2.65 bits per heavy atom. The zero-order valence-electron chi connectivity index (χ0n) is 11.9. The Labute approximate surface area is 118 Å². The molecule has 0 bridgehead atoms. The fourth-order valence-electron chi connectivity index (χ4n) is 2.96. The highest BCUT2D eigenvalue weighted by atomic mass is 19.1. The van der Waals surface area contributed by atoms with Crippen molar-refractivity contribution in [1.82, 2.24) is 9.80 Å². The van der Waals surface area contributed by atoms with Crippen molar-refractivity contribution < 1.29 is 14.3 Å². The van der Waals surface area contributed by atoms with Crippen molar-refractivity contribution in [2.45, 2.75) is 25.9 Å². The molecule has 1 heterocycles. The molecule has 110 valence electrons. The van der Waals surface area contributed by atoms with Crippen LogP contribution in [0, 0.1) is 11.7 Å². The quantitative estimate of drug-likeness (QED) is 0.925. The van der Waals surface area contributed by atoms with Crippen LogP contribution in [-0.4, -0.2) is 47.2 Å². The second-order valence-electron chi connectivity index (χ2n) is 5.60. The zero-order valence-corrected chi connectivity index (χ0v) is 11.9. The summed E-state index contributed by atoms with van der Waals surface area (Å²) in [6, 6.07) is 6.89. The molecule has 2 atom stereocenters. The highest BCUT2D eigenvalue weighted by Gasteiger charge is 2.30. The van der Waals surface area contributed by atoms with Crippen LogP contribution in [0.25, 0.3) is 0 Å². The number of carbonyl (C=O) groups is 1. The van der Waals surface area contributed by atoms with Gasteiger partial charge >= 0.3 is 6.09 Å². The molecule has 1 fully saturated rings. The van der Waals surface area contributed by atoms with E-state index in [2.05, 4.69) is 11.8 Å². The number of hydrogen-bond acceptors (Lipinski definition) is 2. The second kappa shape index (κ2) is 6.22. The van der Waals surface area contributed by atoms with E-state index in [-0.39, 0.29) is 5.82 Å². The number of likely N-dealkylation sites (tertiary alicyclic amines) is 1. The lowest BCUT2D eigenvalue weighted by Gasteiger charge is -2.40. The Kier molecular flexibility index (Phi) is 4.60. The van der Waals surface area contributed by atoms with Gasteiger partial charge in [0.2, 0.25) is 0 Å². The minimum Gasteiger partial charge on any atom is -0.465 e. The molecule has 5 heteroatoms. The SMILES string of the molecule is CC1CN(C(=O)O)CCC1N(C)Cc1ccc(F)cc1. The Balaban J connectivity index is 1.94. The summed E-state index contributed by atoms with van der Waals surface area (Å²) in [7, 11) is 2.04. The van der Waals surface area contributed by atoms with E-state index in [4.69, 9.17) is 5.11 Å². The third kappa shape index (κ3) is 3.48. The third-order valence-corrected chi connectivity index (χ3v) is 4.04. The van der Waals surface area contributed by atoms with Crippen molar-refractivity contribution in [2.75, 3.05) is 20.1 Å². The van der Waals surface area contributed by atoms with E-state index in [1.807, 2.05) is 7.05 Å². The Hall–Kier alpha value is -1.62. The van der Waals surface area contributed by atoms with Gasteiger partial charge in [-0.25, -0.2) is 9.18 Å². The number of carboxylic acid groups (broad SMARTS) is 1. The summed E-state index contributed by atoms with van der Waals surface area (Å²) in [5, 5.41) is 9.02. The number of rotatable bonds is 3. The van der Waals surface area contributed by atoms with Gasteiger partial charge in [-0.1, -0.05) is 19.1 Å². The minimum absolute atomic E-state index is 0.223. The van der Waals surface area contributed by atoms with Crippen molar-refractivity contribution in [1.29, 1.82) is 0 Å². The van der Waals surface area contributed by atoms with Gasteiger partial charge < -0.3 is 10.0 Å². The highest BCUT2D eigenvalue weighted by molar-refractivity contribution is 5.65. The van der Waals surface area contributed by atoms with Crippen LogP contribution in [-0.2, 0) is 6.54 Å². The van der Waals surface area contributed by atoms with Crippen LogP contribution in [0.2, 0.25) is 0 Å². The predicted molar refractivity (Wildman–Crippen MR) is 75.0 cm³/mol. The lowest BCUT2D eigenvalue weighted by molar-refractivity contribution is 0.0704. The van der Waals surface area contributed by atoms with Gasteiger partial charge in [0.25, 0.3) is 0 Å². The maximum Gasteiger partial charge on any atom is 0.407 e. The lowest BCUT2D eigenvalue weighted by atomic mass is 9.92. The first-order valence-corrected chi connectivity index (χ1v) is 6.90. The summed E-state index contributed by atoms with van der Waals surface area (Å²) < 4.78 is 12.9. The van der Waals surface area contributed by atoms with Crippen molar-refractivity contribution >= 4 is 6.09 Å². The second-order valence-corrected chi connectivity index (χ2v) is 5.60. The van der Waals surface area contributed by atoms with E-state index < -0.39 is 6.09 Å². The maximum atomic E-state index is 12.9. The number of nitrogens with zero attached hydrogens (tertiary/aromatic N) is 2. The van der Waals surface area contributed by atoms with Crippen LogP contribution in [0.1, 0.15) is 18.9 Å². The summed E-state index contributed by atoms with van der Waals surface area (Å²) in [6.45, 7) is 4.00. The molecule has 2 unspecified atom stereocenters. The third-order valence-electron chi connectivity index (χ3n) is 4.04. The van der Waals surface area contributed by atoms with E-state index in [1.165, 1.54) is 17.0 Å². The molecule has 1 aliphatic rings. The predicted octanol–water partition coefficient (Wildman–Crippen LogP) is 2.65. The molecule has 0 radical (unpaired) electrons. The molecular weight excluding hydrogens is 259 g/mol. The van der Waals surface area contributed by atoms with Gasteiger partial charge in [0.15, 0.2) is 0 Å². The van der Waals surface area contributed by atoms with Gasteiger partial charge in [0.1, 0.15) is 5.82 Å². The van der Waals surface area contributed by atoms with Crippen molar-refractivity contribution in [3.05, 3.63) is 35.6 Å². The van der Waals surface area contributed by atoms with Crippen LogP contribution < -0.4 is 0 Å². The van der Waals surface area contributed by atoms with Crippen LogP contribution >= 0.6 is 0 Å². The molecule has 0 aromatic heterocycles. The first-order chi connectivity index (χ1) is 9.47. The highest BCUT2D eigenvalue weighted by Crippen LogP contribution is 2.22. The molecule has 2 rings (SSSR count). The molecule has 1 aliphatic heterocycles. The average molecular weight is 280 g/mol. The van der Waals surface area contributed by atoms with E-state index in [1.54, 1.807) is 12.1 Å². The van der Waals surface area contributed by atoms with Crippen LogP contribution in [0.5, 0.6) is 0 Å². The summed E-state index contributed by atoms with van der Waals surface area (Å²) in [5.74, 6) is 0.0739. The van der Waals surface area contributed by atoms with E-state index >= 15 is 0 Å². The number of benzene rings is 1. The van der Waals surface area contributed by atoms with Gasteiger partial charge in [-0.3, -0.25) is 4.90 Å². The summed E-state index contributed by atoms with van der Waals surface area (Å²) in [6.07, 6.45) is 0.00187. The van der Waals surface area contributed by atoms with Gasteiger partial charge in [-0.05, 0) is 37.1 Å². The maximum absolute atomic E-state index is 12.9. The smallest absolute Gasteiger partial charge is 0.407 e. The minimum atomic E-state index is -0.837. The van der Waals surface area contributed by atoms with Gasteiger partial charge in [-0.15, -0.1) is 0 Å². The average Bonchev–Trinajstić information content (AvgIpc) is 2.41. The molecule has 0 aliphatic carbocycles. The van der Waals surface area contributed by atoms with Crippen molar-refractivity contribution in [3.8, 4) is 0 Å². The molecule has 1 aromatic rings. The van der Waals surface area contributed by atoms with E-state index in [9.17, 15) is 9.18 Å². The largest absolute Gasteiger partial charge is 0.465 e. The fourth-order valence-corrected chi connectivity index (χ4v) is 2.96. The van der Waals surface area contributed by atoms with E-state index in [0.717, 1.165) is 18.5 Å². The van der Waals surface area contributed by atoms with Crippen LogP contribution in [0.15, 0.2) is 24.3 Å². The Morgan fingerprint density at radius 1 is 1.45 bits per heavy atom. The van der Waals surface area contributed by atoms with Crippen molar-refractivity contribution in [2.24, 2.45) is 5.92 Å². The number of amides is 1. The first kappa shape index (κ1) is 14.8. The fraction of sp³-hybridized carbons (Fsp3) is 0.533. The standard InChI is InChI=1S/C15H21FN2O2/c1-11-9-18(15(19)20)8-7-14(11)17(2)10-12-3-5-13(16)6-4-12/h3-6,11,14H,7-10H2,1-2H3,(H,19,20). The summed E-state index contributed by atoms with van der Waals surface area (Å²) >= 11 is 0. The molecular formula is C15H21FN2O2. The topological polar surface area (TPSA) is 43.8 Å². The molecule has 1 amide bonds. The zero-order chi connectivity index (χ0) is 14.7. The molecule has 4 nitrogen and oxygen atoms in total. The first-order valence-electron chi connectivity index (χ1n) is 6.90. The lowest BCUT2D eigenvalue weighted by Crippen LogP contribution is -2.50.